The predicted octanol–water partition coefficient (Wildman–Crippen LogP) is 3.24. The third kappa shape index (κ3) is 4.39. The van der Waals surface area contributed by atoms with Gasteiger partial charge >= 0.3 is 5.97 Å². The van der Waals surface area contributed by atoms with Crippen LogP contribution in [0.3, 0.4) is 0 Å². The quantitative estimate of drug-likeness (QED) is 0.639. The molecule has 0 aliphatic rings. The van der Waals surface area contributed by atoms with Gasteiger partial charge in [0.2, 0.25) is 0 Å². The Morgan fingerprint density at radius 1 is 1.17 bits per heavy atom. The number of ether oxygens (including phenoxy) is 2. The Kier molecular flexibility index (Phi) is 5.65. The smallest absolute Gasteiger partial charge is 0.337 e. The summed E-state index contributed by atoms with van der Waals surface area (Å²) in [5.41, 5.74) is 0.345. The standard InChI is InChI=1S/C17H16ClNO5/c1-10(24-13-6-4-12(18)5-7-13)16(21)19-14-8-3-11(9-15(14)20)17(22)23-2/h3-10,20H,1-2H3,(H,19,21). The second-order valence-corrected chi connectivity index (χ2v) is 5.36. The molecule has 2 aromatic carbocycles. The average Bonchev–Trinajstić information content (AvgIpc) is 2.57. The number of esters is 1. The number of carbonyl (C=O) groups excluding carboxylic acids is 2. The maximum absolute atomic E-state index is 12.1. The molecule has 0 saturated heterocycles. The Morgan fingerprint density at radius 2 is 1.83 bits per heavy atom. The number of phenols is 1. The van der Waals surface area contributed by atoms with Crippen molar-refractivity contribution in [3.63, 3.8) is 0 Å². The lowest BCUT2D eigenvalue weighted by molar-refractivity contribution is -0.122. The van der Waals surface area contributed by atoms with E-state index < -0.39 is 18.0 Å². The van der Waals surface area contributed by atoms with Gasteiger partial charge in [0.1, 0.15) is 11.5 Å². The van der Waals surface area contributed by atoms with Gasteiger partial charge in [-0.25, -0.2) is 4.79 Å². The van der Waals surface area contributed by atoms with Crippen LogP contribution in [-0.2, 0) is 9.53 Å². The van der Waals surface area contributed by atoms with Crippen molar-refractivity contribution >= 4 is 29.2 Å². The summed E-state index contributed by atoms with van der Waals surface area (Å²) in [6.07, 6.45) is -0.800. The van der Waals surface area contributed by atoms with Crippen molar-refractivity contribution < 1.29 is 24.2 Å². The Balaban J connectivity index is 2.03. The summed E-state index contributed by atoms with van der Waals surface area (Å²) in [5.74, 6) is -0.786. The van der Waals surface area contributed by atoms with Crippen LogP contribution < -0.4 is 10.1 Å². The number of carbonyl (C=O) groups is 2. The van der Waals surface area contributed by atoms with Crippen LogP contribution in [0.4, 0.5) is 5.69 Å². The molecule has 2 rings (SSSR count). The summed E-state index contributed by atoms with van der Waals surface area (Å²) >= 11 is 5.79. The number of methoxy groups -OCH3 is 1. The number of halogens is 1. The number of phenolic OH excluding ortho intramolecular Hbond substituents is 1. The Labute approximate surface area is 144 Å². The van der Waals surface area contributed by atoms with Crippen molar-refractivity contribution in [2.24, 2.45) is 0 Å². The topological polar surface area (TPSA) is 84.9 Å². The van der Waals surface area contributed by atoms with Crippen molar-refractivity contribution in [3.8, 4) is 11.5 Å². The zero-order valence-corrected chi connectivity index (χ0v) is 13.8. The van der Waals surface area contributed by atoms with E-state index in [2.05, 4.69) is 10.1 Å². The normalized spacial score (nSPS) is 11.5. The third-order valence-electron chi connectivity index (χ3n) is 3.17. The molecule has 2 N–H and O–H groups in total. The zero-order valence-electron chi connectivity index (χ0n) is 13.1. The first-order chi connectivity index (χ1) is 11.4. The van der Waals surface area contributed by atoms with E-state index in [0.29, 0.717) is 10.8 Å². The fourth-order valence-corrected chi connectivity index (χ4v) is 2.01. The Morgan fingerprint density at radius 3 is 2.42 bits per heavy atom. The first-order valence-electron chi connectivity index (χ1n) is 7.05. The number of nitrogens with one attached hydrogen (secondary N) is 1. The maximum atomic E-state index is 12.1. The molecule has 0 saturated carbocycles. The predicted molar refractivity (Wildman–Crippen MR) is 89.6 cm³/mol. The lowest BCUT2D eigenvalue weighted by Gasteiger charge is -2.15. The first kappa shape index (κ1) is 17.6. The molecule has 1 amide bonds. The van der Waals surface area contributed by atoms with Crippen molar-refractivity contribution in [2.75, 3.05) is 12.4 Å². The molecule has 126 valence electrons. The van der Waals surface area contributed by atoms with E-state index in [0.717, 1.165) is 0 Å². The van der Waals surface area contributed by atoms with Gasteiger partial charge in [0.15, 0.2) is 6.10 Å². The van der Waals surface area contributed by atoms with E-state index in [1.807, 2.05) is 0 Å². The molecule has 6 nitrogen and oxygen atoms in total. The highest BCUT2D eigenvalue weighted by Crippen LogP contribution is 2.25. The van der Waals surface area contributed by atoms with Crippen LogP contribution in [-0.4, -0.2) is 30.2 Å². The van der Waals surface area contributed by atoms with Crippen molar-refractivity contribution in [1.82, 2.24) is 0 Å². The maximum Gasteiger partial charge on any atom is 0.337 e. The van der Waals surface area contributed by atoms with Crippen LogP contribution >= 0.6 is 11.6 Å². The Bertz CT molecular complexity index is 745. The minimum absolute atomic E-state index is 0.166. The van der Waals surface area contributed by atoms with Crippen molar-refractivity contribution in [3.05, 3.63) is 53.1 Å². The van der Waals surface area contributed by atoms with Crippen LogP contribution in [0.2, 0.25) is 5.02 Å². The molecular formula is C17H16ClNO5. The second kappa shape index (κ2) is 7.70. The summed E-state index contributed by atoms with van der Waals surface area (Å²) in [6, 6.07) is 10.7. The molecule has 0 aliphatic heterocycles. The van der Waals surface area contributed by atoms with Gasteiger partial charge in [0.05, 0.1) is 18.4 Å². The number of benzene rings is 2. The lowest BCUT2D eigenvalue weighted by Crippen LogP contribution is -2.30. The highest BCUT2D eigenvalue weighted by Gasteiger charge is 2.17. The Hall–Kier alpha value is -2.73. The van der Waals surface area contributed by atoms with Gasteiger partial charge in [-0.1, -0.05) is 11.6 Å². The van der Waals surface area contributed by atoms with Gasteiger partial charge in [-0.05, 0) is 49.4 Å². The van der Waals surface area contributed by atoms with Crippen molar-refractivity contribution in [2.45, 2.75) is 13.0 Å². The lowest BCUT2D eigenvalue weighted by atomic mass is 10.2. The minimum Gasteiger partial charge on any atom is -0.506 e. The summed E-state index contributed by atoms with van der Waals surface area (Å²) in [6.45, 7) is 1.57. The van der Waals surface area contributed by atoms with Gasteiger partial charge in [-0.3, -0.25) is 4.79 Å². The van der Waals surface area contributed by atoms with Gasteiger partial charge in [0.25, 0.3) is 5.91 Å². The van der Waals surface area contributed by atoms with E-state index in [9.17, 15) is 14.7 Å². The van der Waals surface area contributed by atoms with Crippen LogP contribution in [0.15, 0.2) is 42.5 Å². The summed E-state index contributed by atoms with van der Waals surface area (Å²) < 4.78 is 10.1. The number of hydrogen-bond acceptors (Lipinski definition) is 5. The number of aromatic hydroxyl groups is 1. The zero-order chi connectivity index (χ0) is 17.7. The number of amides is 1. The second-order valence-electron chi connectivity index (χ2n) is 4.93. The summed E-state index contributed by atoms with van der Waals surface area (Å²) in [4.78, 5) is 23.5. The van der Waals surface area contributed by atoms with Gasteiger partial charge in [0, 0.05) is 5.02 Å². The van der Waals surface area contributed by atoms with Crippen molar-refractivity contribution in [1.29, 1.82) is 0 Å². The molecule has 2 aromatic rings. The van der Waals surface area contributed by atoms with Crippen LogP contribution in [0, 0.1) is 0 Å². The highest BCUT2D eigenvalue weighted by molar-refractivity contribution is 6.30. The molecule has 24 heavy (non-hydrogen) atoms. The molecule has 0 aliphatic carbocycles. The fraction of sp³-hybridized carbons (Fsp3) is 0.176. The molecule has 0 bridgehead atoms. The van der Waals surface area contributed by atoms with E-state index in [1.165, 1.54) is 25.3 Å². The summed E-state index contributed by atoms with van der Waals surface area (Å²) in [5, 5.41) is 13.0. The number of hydrogen-bond donors (Lipinski definition) is 2. The van der Waals surface area contributed by atoms with E-state index in [-0.39, 0.29) is 17.0 Å². The molecule has 0 fully saturated rings. The van der Waals surface area contributed by atoms with Crippen LogP contribution in [0.5, 0.6) is 11.5 Å². The molecular weight excluding hydrogens is 334 g/mol. The largest absolute Gasteiger partial charge is 0.506 e. The SMILES string of the molecule is COC(=O)c1ccc(NC(=O)C(C)Oc2ccc(Cl)cc2)c(O)c1. The molecule has 7 heteroatoms. The minimum atomic E-state index is -0.800. The fourth-order valence-electron chi connectivity index (χ4n) is 1.89. The van der Waals surface area contributed by atoms with E-state index in [4.69, 9.17) is 16.3 Å². The van der Waals surface area contributed by atoms with Gasteiger partial charge in [-0.15, -0.1) is 0 Å². The highest BCUT2D eigenvalue weighted by atomic mass is 35.5. The molecule has 1 atom stereocenters. The molecule has 0 radical (unpaired) electrons. The van der Waals surface area contributed by atoms with Gasteiger partial charge < -0.3 is 19.9 Å². The molecule has 0 spiro atoms. The molecule has 0 heterocycles. The number of rotatable bonds is 5. The molecule has 1 unspecified atom stereocenters. The summed E-state index contributed by atoms with van der Waals surface area (Å²) in [7, 11) is 1.24. The van der Waals surface area contributed by atoms with Crippen LogP contribution in [0.1, 0.15) is 17.3 Å². The van der Waals surface area contributed by atoms with Crippen LogP contribution in [0.25, 0.3) is 0 Å². The monoisotopic (exact) mass is 349 g/mol. The third-order valence-corrected chi connectivity index (χ3v) is 3.42. The van der Waals surface area contributed by atoms with Gasteiger partial charge in [-0.2, -0.15) is 0 Å². The van der Waals surface area contributed by atoms with E-state index in [1.54, 1.807) is 31.2 Å². The first-order valence-corrected chi connectivity index (χ1v) is 7.43. The average molecular weight is 350 g/mol. The molecule has 0 aromatic heterocycles. The number of anilines is 1. The van der Waals surface area contributed by atoms with E-state index >= 15 is 0 Å².